The highest BCUT2D eigenvalue weighted by molar-refractivity contribution is 6.32. The molecule has 0 saturated carbocycles. The molecule has 1 fully saturated rings. The van der Waals surface area contributed by atoms with Gasteiger partial charge in [-0.05, 0) is 44.0 Å². The molecule has 2 rings (SSSR count). The zero-order valence-electron chi connectivity index (χ0n) is 11.5. The Morgan fingerprint density at radius 3 is 2.95 bits per heavy atom. The van der Waals surface area contributed by atoms with Crippen LogP contribution in [0.5, 0.6) is 5.75 Å². The summed E-state index contributed by atoms with van der Waals surface area (Å²) in [5.41, 5.74) is 0.660. The van der Waals surface area contributed by atoms with Crippen LogP contribution >= 0.6 is 11.6 Å². The fourth-order valence-electron chi connectivity index (χ4n) is 2.68. The molecule has 3 nitrogen and oxygen atoms in total. The first-order valence-corrected chi connectivity index (χ1v) is 7.14. The number of carbonyl (C=O) groups excluding carboxylic acids is 1. The largest absolute Gasteiger partial charge is 0.495 e. The number of ketones is 1. The molecule has 0 aromatic heterocycles. The first-order chi connectivity index (χ1) is 9.15. The Morgan fingerprint density at radius 1 is 1.53 bits per heavy atom. The Hall–Kier alpha value is -1.06. The van der Waals surface area contributed by atoms with Crippen molar-refractivity contribution >= 4 is 17.4 Å². The minimum absolute atomic E-state index is 0.130. The number of methoxy groups -OCH3 is 1. The van der Waals surface area contributed by atoms with E-state index in [1.165, 1.54) is 12.8 Å². The molecule has 1 aliphatic heterocycles. The average Bonchev–Trinajstić information content (AvgIpc) is 2.85. The Labute approximate surface area is 119 Å². The molecule has 104 valence electrons. The predicted molar refractivity (Wildman–Crippen MR) is 77.2 cm³/mol. The van der Waals surface area contributed by atoms with Gasteiger partial charge in [-0.25, -0.2) is 0 Å². The molecule has 19 heavy (non-hydrogen) atoms. The predicted octanol–water partition coefficient (Wildman–Crippen LogP) is 3.41. The van der Waals surface area contributed by atoms with E-state index in [2.05, 4.69) is 11.8 Å². The Bertz CT molecular complexity index is 461. The maximum atomic E-state index is 12.3. The van der Waals surface area contributed by atoms with Gasteiger partial charge in [0.25, 0.3) is 0 Å². The maximum Gasteiger partial charge on any atom is 0.176 e. The monoisotopic (exact) mass is 281 g/mol. The molecule has 0 amide bonds. The first kappa shape index (κ1) is 14.4. The van der Waals surface area contributed by atoms with Crippen LogP contribution in [0, 0.1) is 0 Å². The summed E-state index contributed by atoms with van der Waals surface area (Å²) in [6.45, 7) is 3.69. The molecule has 1 heterocycles. The van der Waals surface area contributed by atoms with Crippen LogP contribution in [0.1, 0.15) is 36.5 Å². The van der Waals surface area contributed by atoms with Gasteiger partial charge >= 0.3 is 0 Å². The smallest absolute Gasteiger partial charge is 0.176 e. The SMILES string of the molecule is CCC1CCCN1CC(=O)c1ccc(OC)c(Cl)c1. The van der Waals surface area contributed by atoms with Crippen molar-refractivity contribution in [2.45, 2.75) is 32.2 Å². The number of benzene rings is 1. The molecular formula is C15H20ClNO2. The highest BCUT2D eigenvalue weighted by atomic mass is 35.5. The molecule has 0 aliphatic carbocycles. The van der Waals surface area contributed by atoms with Crippen LogP contribution in [0.15, 0.2) is 18.2 Å². The number of likely N-dealkylation sites (tertiary alicyclic amines) is 1. The fraction of sp³-hybridized carbons (Fsp3) is 0.533. The average molecular weight is 282 g/mol. The van der Waals surface area contributed by atoms with Crippen molar-refractivity contribution in [3.63, 3.8) is 0 Å². The summed E-state index contributed by atoms with van der Waals surface area (Å²) in [5, 5.41) is 0.488. The summed E-state index contributed by atoms with van der Waals surface area (Å²) in [4.78, 5) is 14.6. The number of nitrogens with zero attached hydrogens (tertiary/aromatic N) is 1. The summed E-state index contributed by atoms with van der Waals surface area (Å²) < 4.78 is 5.09. The topological polar surface area (TPSA) is 29.5 Å². The molecule has 0 radical (unpaired) electrons. The van der Waals surface area contributed by atoms with Crippen molar-refractivity contribution in [2.24, 2.45) is 0 Å². The van der Waals surface area contributed by atoms with Gasteiger partial charge in [0.05, 0.1) is 18.7 Å². The molecule has 1 aromatic rings. The quantitative estimate of drug-likeness (QED) is 0.775. The highest BCUT2D eigenvalue weighted by Crippen LogP contribution is 2.26. The normalized spacial score (nSPS) is 19.6. The second-order valence-electron chi connectivity index (χ2n) is 4.95. The maximum absolute atomic E-state index is 12.3. The molecule has 4 heteroatoms. The van der Waals surface area contributed by atoms with E-state index in [4.69, 9.17) is 16.3 Å². The second-order valence-corrected chi connectivity index (χ2v) is 5.35. The molecule has 1 atom stereocenters. The Morgan fingerprint density at radius 2 is 2.32 bits per heavy atom. The molecule has 1 unspecified atom stereocenters. The van der Waals surface area contributed by atoms with E-state index in [-0.39, 0.29) is 5.78 Å². The first-order valence-electron chi connectivity index (χ1n) is 6.76. The van der Waals surface area contributed by atoms with E-state index in [0.29, 0.717) is 28.9 Å². The van der Waals surface area contributed by atoms with E-state index in [0.717, 1.165) is 13.0 Å². The van der Waals surface area contributed by atoms with Crippen LogP contribution in [0.25, 0.3) is 0 Å². The number of hydrogen-bond acceptors (Lipinski definition) is 3. The number of rotatable bonds is 5. The van der Waals surface area contributed by atoms with Crippen molar-refractivity contribution in [2.75, 3.05) is 20.2 Å². The Kier molecular flexibility index (Phi) is 4.83. The highest BCUT2D eigenvalue weighted by Gasteiger charge is 2.25. The van der Waals surface area contributed by atoms with Crippen LogP contribution in [0.4, 0.5) is 0 Å². The summed E-state index contributed by atoms with van der Waals surface area (Å²) in [5.74, 6) is 0.732. The van der Waals surface area contributed by atoms with Gasteiger partial charge in [0.1, 0.15) is 5.75 Å². The molecule has 1 aromatic carbocycles. The van der Waals surface area contributed by atoms with Crippen LogP contribution in [-0.4, -0.2) is 36.9 Å². The van der Waals surface area contributed by atoms with E-state index < -0.39 is 0 Å². The molecular weight excluding hydrogens is 262 g/mol. The Balaban J connectivity index is 2.05. The lowest BCUT2D eigenvalue weighted by molar-refractivity contribution is 0.0920. The molecule has 0 spiro atoms. The summed E-state index contributed by atoms with van der Waals surface area (Å²) in [6, 6.07) is 5.78. The van der Waals surface area contributed by atoms with Crippen molar-refractivity contribution in [3.8, 4) is 5.75 Å². The lowest BCUT2D eigenvalue weighted by Gasteiger charge is -2.22. The van der Waals surface area contributed by atoms with Crippen molar-refractivity contribution in [1.82, 2.24) is 4.90 Å². The van der Waals surface area contributed by atoms with E-state index in [9.17, 15) is 4.79 Å². The van der Waals surface area contributed by atoms with E-state index in [1.807, 2.05) is 0 Å². The van der Waals surface area contributed by atoms with Gasteiger partial charge in [-0.15, -0.1) is 0 Å². The minimum Gasteiger partial charge on any atom is -0.495 e. The van der Waals surface area contributed by atoms with Crippen LogP contribution < -0.4 is 4.74 Å². The third-order valence-corrected chi connectivity index (χ3v) is 4.09. The van der Waals surface area contributed by atoms with Gasteiger partial charge in [0, 0.05) is 11.6 Å². The van der Waals surface area contributed by atoms with E-state index in [1.54, 1.807) is 25.3 Å². The van der Waals surface area contributed by atoms with Crippen LogP contribution in [0.2, 0.25) is 5.02 Å². The van der Waals surface area contributed by atoms with Gasteiger partial charge in [0.15, 0.2) is 5.78 Å². The van der Waals surface area contributed by atoms with Crippen molar-refractivity contribution in [1.29, 1.82) is 0 Å². The van der Waals surface area contributed by atoms with Crippen LogP contribution in [0.3, 0.4) is 0 Å². The summed E-state index contributed by atoms with van der Waals surface area (Å²) in [7, 11) is 1.57. The minimum atomic E-state index is 0.130. The third-order valence-electron chi connectivity index (χ3n) is 3.79. The summed E-state index contributed by atoms with van der Waals surface area (Å²) in [6.07, 6.45) is 3.50. The van der Waals surface area contributed by atoms with Crippen molar-refractivity contribution < 1.29 is 9.53 Å². The zero-order valence-corrected chi connectivity index (χ0v) is 12.2. The fourth-order valence-corrected chi connectivity index (χ4v) is 2.94. The number of carbonyl (C=O) groups is 1. The van der Waals surface area contributed by atoms with Crippen LogP contribution in [-0.2, 0) is 0 Å². The lowest BCUT2D eigenvalue weighted by atomic mass is 10.1. The molecule has 0 N–H and O–H groups in total. The standard InChI is InChI=1S/C15H20ClNO2/c1-3-12-5-4-8-17(12)10-14(18)11-6-7-15(19-2)13(16)9-11/h6-7,9,12H,3-5,8,10H2,1-2H3. The molecule has 1 aliphatic rings. The number of hydrogen-bond donors (Lipinski definition) is 0. The molecule has 1 saturated heterocycles. The number of ether oxygens (including phenoxy) is 1. The van der Waals surface area contributed by atoms with Gasteiger partial charge in [-0.3, -0.25) is 9.69 Å². The summed E-state index contributed by atoms with van der Waals surface area (Å²) >= 11 is 6.06. The van der Waals surface area contributed by atoms with Gasteiger partial charge < -0.3 is 4.74 Å². The van der Waals surface area contributed by atoms with Crippen molar-refractivity contribution in [3.05, 3.63) is 28.8 Å². The number of halogens is 1. The zero-order chi connectivity index (χ0) is 13.8. The third kappa shape index (κ3) is 3.28. The number of Topliss-reactive ketones (excluding diaryl/α,β-unsaturated/α-hetero) is 1. The van der Waals surface area contributed by atoms with E-state index >= 15 is 0 Å². The lowest BCUT2D eigenvalue weighted by Crippen LogP contribution is -2.33. The van der Waals surface area contributed by atoms with Gasteiger partial charge in [-0.1, -0.05) is 18.5 Å². The second kappa shape index (κ2) is 6.40. The van der Waals surface area contributed by atoms with Gasteiger partial charge in [-0.2, -0.15) is 0 Å². The molecule has 0 bridgehead atoms. The van der Waals surface area contributed by atoms with Gasteiger partial charge in [0.2, 0.25) is 0 Å².